The van der Waals surface area contributed by atoms with E-state index in [4.69, 9.17) is 4.74 Å². The maximum Gasteiger partial charge on any atom is 0.333 e. The lowest BCUT2D eigenvalue weighted by Crippen LogP contribution is -2.50. The summed E-state index contributed by atoms with van der Waals surface area (Å²) in [6, 6.07) is -0.381. The molecule has 0 aliphatic heterocycles. The zero-order valence-corrected chi connectivity index (χ0v) is 18.9. The second kappa shape index (κ2) is 10.5. The Bertz CT molecular complexity index is 573. The Morgan fingerprint density at radius 1 is 0.857 bits per heavy atom. The molecule has 0 saturated carbocycles. The highest BCUT2D eigenvalue weighted by Gasteiger charge is 2.46. The Kier molecular flexibility index (Phi) is 9.71. The number of ether oxygens (including phenoxy) is 1. The predicted molar refractivity (Wildman–Crippen MR) is 112 cm³/mol. The maximum atomic E-state index is 12.9. The van der Waals surface area contributed by atoms with Gasteiger partial charge in [-0.05, 0) is 24.2 Å². The van der Waals surface area contributed by atoms with E-state index in [9.17, 15) is 14.4 Å². The van der Waals surface area contributed by atoms with Gasteiger partial charge >= 0.3 is 12.0 Å². The number of amides is 3. The first kappa shape index (κ1) is 26.0. The molecule has 162 valence electrons. The molecule has 0 saturated heterocycles. The molecule has 1 atom stereocenters. The molecule has 0 spiro atoms. The van der Waals surface area contributed by atoms with E-state index in [2.05, 4.69) is 64.1 Å². The van der Waals surface area contributed by atoms with Gasteiger partial charge in [-0.15, -0.1) is 0 Å². The van der Waals surface area contributed by atoms with Gasteiger partial charge in [-0.2, -0.15) is 0 Å². The topological polar surface area (TPSA) is 96.5 Å². The second-order valence-electron chi connectivity index (χ2n) is 9.67. The van der Waals surface area contributed by atoms with Crippen LogP contribution in [0.3, 0.4) is 0 Å². The van der Waals surface area contributed by atoms with Crippen LogP contribution >= 0.6 is 0 Å². The number of hydrogen-bond acceptors (Lipinski definition) is 4. The molecule has 0 radical (unpaired) electrons. The van der Waals surface area contributed by atoms with Gasteiger partial charge in [0.15, 0.2) is 0 Å². The zero-order chi connectivity index (χ0) is 22.2. The standard InChI is InChI=1S/C21H39N3O4/c1-15(2)16(25)28-13-12-24-18(27)23-11-10-22-17(26)21(9,20(6,7)8)14-19(3,4)5/h1,10-14H2,2-9H3,(H,22,26)(H2,23,24,27). The molecule has 0 aliphatic carbocycles. The highest BCUT2D eigenvalue weighted by molar-refractivity contribution is 5.87. The molecule has 0 fully saturated rings. The van der Waals surface area contributed by atoms with E-state index in [1.54, 1.807) is 6.92 Å². The Labute approximate surface area is 170 Å². The van der Waals surface area contributed by atoms with Crippen LogP contribution in [-0.4, -0.2) is 44.1 Å². The van der Waals surface area contributed by atoms with Crippen LogP contribution in [0, 0.1) is 16.2 Å². The molecule has 0 rings (SSSR count). The SMILES string of the molecule is C=C(C)C(=O)OCCNC(=O)NCCNC(=O)C(C)(CC(C)(C)C)C(C)(C)C. The third kappa shape index (κ3) is 9.24. The molecule has 7 nitrogen and oxygen atoms in total. The third-order valence-electron chi connectivity index (χ3n) is 4.71. The number of rotatable bonds is 9. The van der Waals surface area contributed by atoms with Gasteiger partial charge in [-0.1, -0.05) is 55.0 Å². The van der Waals surface area contributed by atoms with Gasteiger partial charge in [-0.3, -0.25) is 4.79 Å². The number of esters is 1. The van der Waals surface area contributed by atoms with Crippen molar-refractivity contribution in [2.45, 2.75) is 61.8 Å². The molecule has 3 N–H and O–H groups in total. The molecule has 0 aromatic rings. The lowest BCUT2D eigenvalue weighted by atomic mass is 9.61. The zero-order valence-electron chi connectivity index (χ0n) is 18.9. The molecule has 0 bridgehead atoms. The maximum absolute atomic E-state index is 12.9. The summed E-state index contributed by atoms with van der Waals surface area (Å²) in [7, 11) is 0. The molecule has 0 aliphatic rings. The minimum Gasteiger partial charge on any atom is -0.460 e. The van der Waals surface area contributed by atoms with Crippen LogP contribution in [-0.2, 0) is 14.3 Å². The van der Waals surface area contributed by atoms with Crippen LogP contribution in [0.15, 0.2) is 12.2 Å². The third-order valence-corrected chi connectivity index (χ3v) is 4.71. The molecule has 7 heteroatoms. The molecule has 28 heavy (non-hydrogen) atoms. The first-order valence-corrected chi connectivity index (χ1v) is 9.73. The summed E-state index contributed by atoms with van der Waals surface area (Å²) in [4.78, 5) is 35.8. The first-order valence-electron chi connectivity index (χ1n) is 9.73. The normalized spacial score (nSPS) is 13.9. The van der Waals surface area contributed by atoms with Gasteiger partial charge in [0, 0.05) is 18.7 Å². The van der Waals surface area contributed by atoms with Gasteiger partial charge in [0.05, 0.1) is 12.0 Å². The van der Waals surface area contributed by atoms with Crippen molar-refractivity contribution in [2.75, 3.05) is 26.2 Å². The van der Waals surface area contributed by atoms with Crippen molar-refractivity contribution in [3.8, 4) is 0 Å². The Morgan fingerprint density at radius 3 is 1.82 bits per heavy atom. The number of carbonyl (C=O) groups excluding carboxylic acids is 3. The number of hydrogen-bond donors (Lipinski definition) is 3. The lowest BCUT2D eigenvalue weighted by molar-refractivity contribution is -0.139. The molecule has 1 unspecified atom stereocenters. The van der Waals surface area contributed by atoms with Crippen molar-refractivity contribution in [3.05, 3.63) is 12.2 Å². The summed E-state index contributed by atoms with van der Waals surface area (Å²) in [6.07, 6.45) is 0.756. The van der Waals surface area contributed by atoms with Crippen molar-refractivity contribution in [1.29, 1.82) is 0 Å². The largest absolute Gasteiger partial charge is 0.460 e. The first-order chi connectivity index (χ1) is 12.6. The molecule has 0 aromatic carbocycles. The van der Waals surface area contributed by atoms with E-state index < -0.39 is 11.4 Å². The fourth-order valence-corrected chi connectivity index (χ4v) is 2.79. The van der Waals surface area contributed by atoms with E-state index in [-0.39, 0.29) is 35.9 Å². The van der Waals surface area contributed by atoms with Crippen LogP contribution in [0.1, 0.15) is 61.8 Å². The smallest absolute Gasteiger partial charge is 0.333 e. The summed E-state index contributed by atoms with van der Waals surface area (Å²) in [5.41, 5.74) is -0.392. The molecule has 0 heterocycles. The van der Waals surface area contributed by atoms with Crippen LogP contribution < -0.4 is 16.0 Å². The second-order valence-corrected chi connectivity index (χ2v) is 9.67. The van der Waals surface area contributed by atoms with Crippen LogP contribution in [0.4, 0.5) is 4.79 Å². The highest BCUT2D eigenvalue weighted by Crippen LogP contribution is 2.46. The summed E-state index contributed by atoms with van der Waals surface area (Å²) in [5.74, 6) is -0.495. The van der Waals surface area contributed by atoms with Crippen molar-refractivity contribution >= 4 is 17.9 Å². The van der Waals surface area contributed by atoms with E-state index in [1.807, 2.05) is 6.92 Å². The van der Waals surface area contributed by atoms with E-state index in [0.29, 0.717) is 18.7 Å². The van der Waals surface area contributed by atoms with Crippen molar-refractivity contribution in [3.63, 3.8) is 0 Å². The summed E-state index contributed by atoms with van der Waals surface area (Å²) in [5, 5.41) is 8.19. The molecular formula is C21H39N3O4. The van der Waals surface area contributed by atoms with E-state index in [0.717, 1.165) is 6.42 Å². The van der Waals surface area contributed by atoms with Crippen molar-refractivity contribution in [1.82, 2.24) is 16.0 Å². The minimum absolute atomic E-state index is 0.0103. The Morgan fingerprint density at radius 2 is 1.36 bits per heavy atom. The Hall–Kier alpha value is -2.05. The van der Waals surface area contributed by atoms with Gasteiger partial charge in [-0.25, -0.2) is 9.59 Å². The number of nitrogens with one attached hydrogen (secondary N) is 3. The van der Waals surface area contributed by atoms with Gasteiger partial charge < -0.3 is 20.7 Å². The van der Waals surface area contributed by atoms with Crippen LogP contribution in [0.5, 0.6) is 0 Å². The monoisotopic (exact) mass is 397 g/mol. The Balaban J connectivity index is 4.33. The fraction of sp³-hybridized carbons (Fsp3) is 0.762. The van der Waals surface area contributed by atoms with Gasteiger partial charge in [0.2, 0.25) is 5.91 Å². The fourth-order valence-electron chi connectivity index (χ4n) is 2.79. The summed E-state index contributed by atoms with van der Waals surface area (Å²) in [6.45, 7) is 20.6. The predicted octanol–water partition coefficient (Wildman–Crippen LogP) is 3.01. The quantitative estimate of drug-likeness (QED) is 0.316. The molecule has 3 amide bonds. The van der Waals surface area contributed by atoms with E-state index in [1.165, 1.54) is 0 Å². The van der Waals surface area contributed by atoms with Crippen molar-refractivity contribution < 1.29 is 19.1 Å². The minimum atomic E-state index is -0.527. The lowest BCUT2D eigenvalue weighted by Gasteiger charge is -2.44. The average molecular weight is 398 g/mol. The summed E-state index contributed by atoms with van der Waals surface area (Å²) < 4.78 is 4.88. The number of urea groups is 1. The molecular weight excluding hydrogens is 358 g/mol. The number of carbonyl (C=O) groups is 3. The van der Waals surface area contributed by atoms with Gasteiger partial charge in [0.1, 0.15) is 6.61 Å². The summed E-state index contributed by atoms with van der Waals surface area (Å²) >= 11 is 0. The average Bonchev–Trinajstić information content (AvgIpc) is 2.52. The van der Waals surface area contributed by atoms with Crippen LogP contribution in [0.2, 0.25) is 0 Å². The molecule has 0 aromatic heterocycles. The van der Waals surface area contributed by atoms with Crippen LogP contribution in [0.25, 0.3) is 0 Å². The highest BCUT2D eigenvalue weighted by atomic mass is 16.5. The van der Waals surface area contributed by atoms with Crippen molar-refractivity contribution in [2.24, 2.45) is 16.2 Å². The van der Waals surface area contributed by atoms with E-state index >= 15 is 0 Å². The van der Waals surface area contributed by atoms with Gasteiger partial charge in [0.25, 0.3) is 0 Å².